The standard InChI is InChI=1S/C15H13N3O3S/c19-13-8-11(14-16-3-6-22-14)10-2-1-9(7-12(10)17-13)18-4-5-21-15(18)20/h1-3,6-7,11H,4-5,8H2,(H,17,19)/t11-/m1/s1. The quantitative estimate of drug-likeness (QED) is 0.924. The van der Waals surface area contributed by atoms with Gasteiger partial charge in [0, 0.05) is 35.3 Å². The maximum Gasteiger partial charge on any atom is 0.414 e. The van der Waals surface area contributed by atoms with Crippen LogP contribution >= 0.6 is 11.3 Å². The zero-order valence-electron chi connectivity index (χ0n) is 11.6. The molecular formula is C15H13N3O3S. The predicted octanol–water partition coefficient (Wildman–Crippen LogP) is 2.57. The van der Waals surface area contributed by atoms with Crippen LogP contribution in [0.25, 0.3) is 0 Å². The Morgan fingerprint density at radius 1 is 1.36 bits per heavy atom. The number of ether oxygens (including phenoxy) is 1. The van der Waals surface area contributed by atoms with E-state index in [1.807, 2.05) is 23.6 Å². The number of carbonyl (C=O) groups is 2. The van der Waals surface area contributed by atoms with Gasteiger partial charge in [-0.15, -0.1) is 11.3 Å². The molecule has 2 amide bonds. The van der Waals surface area contributed by atoms with Crippen molar-refractivity contribution in [2.24, 2.45) is 0 Å². The van der Waals surface area contributed by atoms with Gasteiger partial charge in [0.25, 0.3) is 0 Å². The SMILES string of the molecule is O=C1C[C@@H](c2nccs2)c2ccc(N3CCOC3=O)cc2N1. The number of nitrogens with one attached hydrogen (secondary N) is 1. The van der Waals surface area contributed by atoms with Crippen LogP contribution in [0.2, 0.25) is 0 Å². The lowest BCUT2D eigenvalue weighted by Crippen LogP contribution is -2.26. The van der Waals surface area contributed by atoms with Crippen molar-refractivity contribution in [3.63, 3.8) is 0 Å². The molecule has 0 aliphatic carbocycles. The molecule has 0 spiro atoms. The molecule has 2 aliphatic heterocycles. The maximum absolute atomic E-state index is 12.0. The molecule has 1 atom stereocenters. The largest absolute Gasteiger partial charge is 0.447 e. The molecule has 112 valence electrons. The van der Waals surface area contributed by atoms with Gasteiger partial charge in [-0.05, 0) is 17.7 Å². The highest BCUT2D eigenvalue weighted by Crippen LogP contribution is 2.39. The van der Waals surface area contributed by atoms with Crippen LogP contribution < -0.4 is 10.2 Å². The van der Waals surface area contributed by atoms with E-state index >= 15 is 0 Å². The summed E-state index contributed by atoms with van der Waals surface area (Å²) >= 11 is 1.55. The maximum atomic E-state index is 12.0. The second kappa shape index (κ2) is 5.10. The molecule has 7 heteroatoms. The van der Waals surface area contributed by atoms with Crippen LogP contribution in [0.5, 0.6) is 0 Å². The fraction of sp³-hybridized carbons (Fsp3) is 0.267. The van der Waals surface area contributed by atoms with Gasteiger partial charge < -0.3 is 10.1 Å². The van der Waals surface area contributed by atoms with Gasteiger partial charge in [0.1, 0.15) is 11.6 Å². The second-order valence-electron chi connectivity index (χ2n) is 5.21. The molecule has 3 heterocycles. The van der Waals surface area contributed by atoms with E-state index in [-0.39, 0.29) is 17.9 Å². The van der Waals surface area contributed by atoms with Gasteiger partial charge in [0.2, 0.25) is 5.91 Å². The van der Waals surface area contributed by atoms with E-state index in [1.165, 1.54) is 0 Å². The molecule has 0 bridgehead atoms. The van der Waals surface area contributed by atoms with E-state index in [0.717, 1.165) is 21.9 Å². The van der Waals surface area contributed by atoms with Gasteiger partial charge in [-0.1, -0.05) is 6.07 Å². The molecule has 1 N–H and O–H groups in total. The van der Waals surface area contributed by atoms with E-state index in [0.29, 0.717) is 19.6 Å². The third-order valence-electron chi connectivity index (χ3n) is 3.90. The number of rotatable bonds is 2. The number of hydrogen-bond donors (Lipinski definition) is 1. The summed E-state index contributed by atoms with van der Waals surface area (Å²) in [4.78, 5) is 29.6. The Hall–Kier alpha value is -2.41. The highest BCUT2D eigenvalue weighted by Gasteiger charge is 2.30. The Kier molecular flexibility index (Phi) is 3.07. The summed E-state index contributed by atoms with van der Waals surface area (Å²) in [5.74, 6) is -0.0582. The number of fused-ring (bicyclic) bond motifs is 1. The minimum absolute atomic E-state index is 0.0247. The van der Waals surface area contributed by atoms with Gasteiger partial charge in [0.15, 0.2) is 0 Å². The summed E-state index contributed by atoms with van der Waals surface area (Å²) in [6.07, 6.45) is 1.80. The lowest BCUT2D eigenvalue weighted by atomic mass is 9.90. The summed E-state index contributed by atoms with van der Waals surface area (Å²) in [5.41, 5.74) is 2.51. The first-order valence-electron chi connectivity index (χ1n) is 7.00. The highest BCUT2D eigenvalue weighted by molar-refractivity contribution is 7.09. The van der Waals surface area contributed by atoms with Crippen LogP contribution in [0, 0.1) is 0 Å². The third kappa shape index (κ3) is 2.14. The number of hydrogen-bond acceptors (Lipinski definition) is 5. The lowest BCUT2D eigenvalue weighted by Gasteiger charge is -2.25. The summed E-state index contributed by atoms with van der Waals surface area (Å²) in [7, 11) is 0. The van der Waals surface area contributed by atoms with Crippen molar-refractivity contribution >= 4 is 34.7 Å². The van der Waals surface area contributed by atoms with E-state index < -0.39 is 0 Å². The smallest absolute Gasteiger partial charge is 0.414 e. The molecule has 4 rings (SSSR count). The van der Waals surface area contributed by atoms with Crippen molar-refractivity contribution in [1.82, 2.24) is 4.98 Å². The normalized spacial score (nSPS) is 20.5. The van der Waals surface area contributed by atoms with E-state index in [4.69, 9.17) is 4.74 Å². The molecule has 22 heavy (non-hydrogen) atoms. The molecule has 1 fully saturated rings. The Bertz CT molecular complexity index is 744. The minimum Gasteiger partial charge on any atom is -0.447 e. The monoisotopic (exact) mass is 315 g/mol. The third-order valence-corrected chi connectivity index (χ3v) is 4.79. The zero-order valence-corrected chi connectivity index (χ0v) is 12.4. The Morgan fingerprint density at radius 2 is 2.27 bits per heavy atom. The van der Waals surface area contributed by atoms with Crippen molar-refractivity contribution < 1.29 is 14.3 Å². The van der Waals surface area contributed by atoms with Gasteiger partial charge in [-0.25, -0.2) is 9.78 Å². The fourth-order valence-corrected chi connectivity index (χ4v) is 3.63. The van der Waals surface area contributed by atoms with Crippen LogP contribution in [0.3, 0.4) is 0 Å². The first-order valence-corrected chi connectivity index (χ1v) is 7.88. The number of amides is 2. The molecule has 1 aromatic carbocycles. The summed E-state index contributed by atoms with van der Waals surface area (Å²) < 4.78 is 4.96. The molecule has 0 unspecified atom stereocenters. The summed E-state index contributed by atoms with van der Waals surface area (Å²) in [6.45, 7) is 0.922. The van der Waals surface area contributed by atoms with Gasteiger partial charge in [-0.3, -0.25) is 9.69 Å². The Morgan fingerprint density at radius 3 is 3.00 bits per heavy atom. The number of thiazole rings is 1. The fourth-order valence-electron chi connectivity index (χ4n) is 2.88. The number of anilines is 2. The average Bonchev–Trinajstić information content (AvgIpc) is 3.17. The lowest BCUT2D eigenvalue weighted by molar-refractivity contribution is -0.116. The molecule has 6 nitrogen and oxygen atoms in total. The van der Waals surface area contributed by atoms with E-state index in [1.54, 1.807) is 22.4 Å². The Balaban J connectivity index is 1.74. The first-order chi connectivity index (χ1) is 10.7. The van der Waals surface area contributed by atoms with Crippen molar-refractivity contribution in [2.75, 3.05) is 23.4 Å². The Labute approximate surface area is 130 Å². The van der Waals surface area contributed by atoms with Crippen molar-refractivity contribution in [3.8, 4) is 0 Å². The highest BCUT2D eigenvalue weighted by atomic mass is 32.1. The van der Waals surface area contributed by atoms with E-state index in [9.17, 15) is 9.59 Å². The van der Waals surface area contributed by atoms with Gasteiger partial charge >= 0.3 is 6.09 Å². The molecule has 0 radical (unpaired) electrons. The number of benzene rings is 1. The molecule has 0 saturated carbocycles. The van der Waals surface area contributed by atoms with Gasteiger partial charge in [0.05, 0.1) is 6.54 Å². The van der Waals surface area contributed by atoms with E-state index in [2.05, 4.69) is 10.3 Å². The van der Waals surface area contributed by atoms with Crippen molar-refractivity contribution in [2.45, 2.75) is 12.3 Å². The second-order valence-corrected chi connectivity index (χ2v) is 6.14. The average molecular weight is 315 g/mol. The van der Waals surface area contributed by atoms with Crippen LogP contribution in [-0.2, 0) is 9.53 Å². The summed E-state index contributed by atoms with van der Waals surface area (Å²) in [6, 6.07) is 5.69. The number of carbonyl (C=O) groups excluding carboxylic acids is 2. The van der Waals surface area contributed by atoms with Crippen molar-refractivity contribution in [1.29, 1.82) is 0 Å². The molecule has 1 saturated heterocycles. The first kappa shape index (κ1) is 13.3. The van der Waals surface area contributed by atoms with Crippen molar-refractivity contribution in [3.05, 3.63) is 40.3 Å². The number of cyclic esters (lactones) is 1. The predicted molar refractivity (Wildman–Crippen MR) is 82.3 cm³/mol. The van der Waals surface area contributed by atoms with Crippen LogP contribution in [-0.4, -0.2) is 30.1 Å². The molecule has 2 aromatic rings. The molecule has 2 aliphatic rings. The van der Waals surface area contributed by atoms with Crippen LogP contribution in [0.15, 0.2) is 29.8 Å². The molecule has 1 aromatic heterocycles. The summed E-state index contributed by atoms with van der Waals surface area (Å²) in [5, 5.41) is 5.74. The zero-order chi connectivity index (χ0) is 15.1. The number of nitrogens with zero attached hydrogens (tertiary/aromatic N) is 2. The molecular weight excluding hydrogens is 302 g/mol. The van der Waals surface area contributed by atoms with Crippen LogP contribution in [0.1, 0.15) is 22.9 Å². The van der Waals surface area contributed by atoms with Crippen LogP contribution in [0.4, 0.5) is 16.2 Å². The minimum atomic E-state index is -0.349. The van der Waals surface area contributed by atoms with Gasteiger partial charge in [-0.2, -0.15) is 0 Å². The topological polar surface area (TPSA) is 71.5 Å². The number of aromatic nitrogens is 1.